The van der Waals surface area contributed by atoms with Gasteiger partial charge in [-0.15, -0.1) is 10.2 Å². The smallest absolute Gasteiger partial charge is 0.210 e. The van der Waals surface area contributed by atoms with E-state index in [1.54, 1.807) is 6.07 Å². The van der Waals surface area contributed by atoms with Crippen LogP contribution in [0.2, 0.25) is 0 Å². The largest absolute Gasteiger partial charge is 0.485 e. The summed E-state index contributed by atoms with van der Waals surface area (Å²) in [5.74, 6) is 8.14. The van der Waals surface area contributed by atoms with Gasteiger partial charge in [0.25, 0.3) is 0 Å². The van der Waals surface area contributed by atoms with Gasteiger partial charge < -0.3 is 10.6 Å². The van der Waals surface area contributed by atoms with Crippen LogP contribution in [0.15, 0.2) is 47.6 Å². The number of benzene rings is 2. The highest BCUT2D eigenvalue weighted by Gasteiger charge is 2.13. The third-order valence-electron chi connectivity index (χ3n) is 4.14. The van der Waals surface area contributed by atoms with E-state index in [-0.39, 0.29) is 12.4 Å². The second-order valence-electron chi connectivity index (χ2n) is 6.67. The van der Waals surface area contributed by atoms with Crippen molar-refractivity contribution in [2.24, 2.45) is 0 Å². The van der Waals surface area contributed by atoms with Gasteiger partial charge in [0, 0.05) is 5.75 Å². The first-order chi connectivity index (χ1) is 12.9. The molecule has 0 atom stereocenters. The zero-order chi connectivity index (χ0) is 19.4. The van der Waals surface area contributed by atoms with Crippen LogP contribution < -0.4 is 10.6 Å². The number of halogens is 1. The minimum absolute atomic E-state index is 0.229. The van der Waals surface area contributed by atoms with Crippen LogP contribution in [-0.2, 0) is 12.4 Å². The van der Waals surface area contributed by atoms with Gasteiger partial charge in [-0.2, -0.15) is 0 Å². The fourth-order valence-electron chi connectivity index (χ4n) is 2.66. The molecule has 0 saturated heterocycles. The molecular weight excluding hydrogens is 363 g/mol. The van der Waals surface area contributed by atoms with E-state index in [9.17, 15) is 4.39 Å². The fraction of sp³-hybridized carbons (Fsp3) is 0.300. The summed E-state index contributed by atoms with van der Waals surface area (Å²) < 4.78 is 20.7. The van der Waals surface area contributed by atoms with Gasteiger partial charge in [0.05, 0.1) is 0 Å². The summed E-state index contributed by atoms with van der Waals surface area (Å²) in [5.41, 5.74) is 3.14. The van der Waals surface area contributed by atoms with Crippen LogP contribution in [0.3, 0.4) is 0 Å². The van der Waals surface area contributed by atoms with Crippen molar-refractivity contribution < 1.29 is 9.13 Å². The van der Waals surface area contributed by atoms with Gasteiger partial charge >= 0.3 is 0 Å². The summed E-state index contributed by atoms with van der Waals surface area (Å²) in [6.45, 7) is 6.52. The van der Waals surface area contributed by atoms with E-state index in [4.69, 9.17) is 10.6 Å². The highest BCUT2D eigenvalue weighted by Crippen LogP contribution is 2.28. The van der Waals surface area contributed by atoms with Crippen molar-refractivity contribution >= 4 is 11.8 Å². The van der Waals surface area contributed by atoms with Crippen LogP contribution in [-0.4, -0.2) is 14.9 Å². The number of rotatable bonds is 7. The molecule has 3 rings (SSSR count). The number of aryl methyl sites for hydroxylation is 1. The van der Waals surface area contributed by atoms with Crippen LogP contribution in [0.1, 0.15) is 42.3 Å². The Balaban J connectivity index is 1.67. The maximum atomic E-state index is 13.3. The lowest BCUT2D eigenvalue weighted by atomic mass is 10.0. The minimum Gasteiger partial charge on any atom is -0.485 e. The average Bonchev–Trinajstić information content (AvgIpc) is 2.98. The first-order valence-corrected chi connectivity index (χ1v) is 9.72. The van der Waals surface area contributed by atoms with Crippen LogP contribution in [0.5, 0.6) is 5.75 Å². The Morgan fingerprint density at radius 2 is 2.00 bits per heavy atom. The summed E-state index contributed by atoms with van der Waals surface area (Å²) in [4.78, 5) is 0. The number of thioether (sulfide) groups is 1. The molecule has 0 aliphatic rings. The molecule has 7 heteroatoms. The maximum Gasteiger partial charge on any atom is 0.210 e. The van der Waals surface area contributed by atoms with Gasteiger partial charge in [0.2, 0.25) is 5.16 Å². The topological polar surface area (TPSA) is 66.0 Å². The number of aromatic nitrogens is 3. The standard InChI is InChI=1S/C20H23FN4OS/c1-13(2)17-8-7-14(3)9-18(17)26-11-19-23-24-20(25(19)22)27-12-15-5-4-6-16(21)10-15/h4-10,13H,11-12,22H2,1-3H3. The summed E-state index contributed by atoms with van der Waals surface area (Å²) in [5, 5.41) is 8.80. The fourth-order valence-corrected chi connectivity index (χ4v) is 3.48. The molecule has 0 fully saturated rings. The lowest BCUT2D eigenvalue weighted by Crippen LogP contribution is -2.16. The van der Waals surface area contributed by atoms with Gasteiger partial charge in [-0.1, -0.05) is 49.9 Å². The molecule has 0 saturated carbocycles. The van der Waals surface area contributed by atoms with Crippen molar-refractivity contribution in [3.63, 3.8) is 0 Å². The Labute approximate surface area is 162 Å². The Bertz CT molecular complexity index is 926. The third kappa shape index (κ3) is 4.80. The molecule has 2 aromatic carbocycles. The van der Waals surface area contributed by atoms with E-state index in [0.29, 0.717) is 22.7 Å². The van der Waals surface area contributed by atoms with E-state index in [1.165, 1.54) is 28.6 Å². The predicted octanol–water partition coefficient (Wildman–Crippen LogP) is 4.43. The van der Waals surface area contributed by atoms with Crippen molar-refractivity contribution in [3.05, 3.63) is 70.8 Å². The van der Waals surface area contributed by atoms with Crippen LogP contribution in [0, 0.1) is 12.7 Å². The summed E-state index contributed by atoms with van der Waals surface area (Å²) >= 11 is 1.40. The van der Waals surface area contributed by atoms with E-state index in [0.717, 1.165) is 22.4 Å². The molecule has 5 nitrogen and oxygen atoms in total. The van der Waals surface area contributed by atoms with E-state index in [2.05, 4.69) is 36.2 Å². The SMILES string of the molecule is Cc1ccc(C(C)C)c(OCc2nnc(SCc3cccc(F)c3)n2N)c1. The molecule has 0 aliphatic carbocycles. The van der Waals surface area contributed by atoms with E-state index < -0.39 is 0 Å². The first kappa shape index (κ1) is 19.2. The summed E-state index contributed by atoms with van der Waals surface area (Å²) in [6.07, 6.45) is 0. The minimum atomic E-state index is -0.254. The molecule has 0 bridgehead atoms. The zero-order valence-corrected chi connectivity index (χ0v) is 16.5. The quantitative estimate of drug-likeness (QED) is 0.480. The predicted molar refractivity (Wildman–Crippen MR) is 106 cm³/mol. The highest BCUT2D eigenvalue weighted by atomic mass is 32.2. The Morgan fingerprint density at radius 1 is 1.19 bits per heavy atom. The number of nitrogens with zero attached hydrogens (tertiary/aromatic N) is 3. The maximum absolute atomic E-state index is 13.3. The molecule has 0 spiro atoms. The molecule has 0 unspecified atom stereocenters. The first-order valence-electron chi connectivity index (χ1n) is 8.74. The lowest BCUT2D eigenvalue weighted by molar-refractivity contribution is 0.287. The van der Waals surface area contributed by atoms with E-state index in [1.807, 2.05) is 19.1 Å². The number of ether oxygens (including phenoxy) is 1. The van der Waals surface area contributed by atoms with Crippen molar-refractivity contribution in [2.45, 2.75) is 44.2 Å². The summed E-state index contributed by atoms with van der Waals surface area (Å²) in [6, 6.07) is 12.7. The van der Waals surface area contributed by atoms with Crippen LogP contribution >= 0.6 is 11.8 Å². The molecule has 1 heterocycles. The second-order valence-corrected chi connectivity index (χ2v) is 7.61. The third-order valence-corrected chi connectivity index (χ3v) is 5.15. The molecular formula is C20H23FN4OS. The van der Waals surface area contributed by atoms with Gasteiger partial charge in [-0.25, -0.2) is 9.07 Å². The van der Waals surface area contributed by atoms with E-state index >= 15 is 0 Å². The van der Waals surface area contributed by atoms with Gasteiger partial charge in [0.15, 0.2) is 5.82 Å². The molecule has 2 N–H and O–H groups in total. The Kier molecular flexibility index (Phi) is 6.01. The highest BCUT2D eigenvalue weighted by molar-refractivity contribution is 7.98. The Morgan fingerprint density at radius 3 is 2.74 bits per heavy atom. The van der Waals surface area contributed by atoms with Gasteiger partial charge in [-0.05, 0) is 47.7 Å². The molecule has 0 aliphatic heterocycles. The average molecular weight is 386 g/mol. The van der Waals surface area contributed by atoms with Crippen molar-refractivity contribution in [2.75, 3.05) is 5.84 Å². The normalized spacial score (nSPS) is 11.1. The molecule has 0 radical (unpaired) electrons. The zero-order valence-electron chi connectivity index (χ0n) is 15.6. The molecule has 142 valence electrons. The van der Waals surface area contributed by atoms with Crippen LogP contribution in [0.4, 0.5) is 4.39 Å². The lowest BCUT2D eigenvalue weighted by Gasteiger charge is -2.14. The molecule has 1 aromatic heterocycles. The second kappa shape index (κ2) is 8.43. The monoisotopic (exact) mass is 386 g/mol. The number of hydrogen-bond acceptors (Lipinski definition) is 5. The van der Waals surface area contributed by atoms with Crippen molar-refractivity contribution in [1.82, 2.24) is 14.9 Å². The van der Waals surface area contributed by atoms with Crippen molar-refractivity contribution in [1.29, 1.82) is 0 Å². The van der Waals surface area contributed by atoms with Gasteiger partial charge in [0.1, 0.15) is 18.2 Å². The molecule has 3 aromatic rings. The Hall–Kier alpha value is -2.54. The van der Waals surface area contributed by atoms with Gasteiger partial charge in [-0.3, -0.25) is 0 Å². The number of hydrogen-bond donors (Lipinski definition) is 1. The summed E-state index contributed by atoms with van der Waals surface area (Å²) in [7, 11) is 0. The molecule has 27 heavy (non-hydrogen) atoms. The van der Waals surface area contributed by atoms with Crippen molar-refractivity contribution in [3.8, 4) is 5.75 Å². The molecule has 0 amide bonds. The van der Waals surface area contributed by atoms with Crippen LogP contribution in [0.25, 0.3) is 0 Å². The number of nitrogen functional groups attached to an aromatic ring is 1. The number of nitrogens with two attached hydrogens (primary N) is 1.